The molecule has 0 spiro atoms. The standard InChI is InChI=1S/C22H28FN3O/c1-25(2)21(17-9-4-3-5-10-17)15-24-22(27)20-13-8-14-26(20)16-18-11-6-7-12-19(18)23/h3-7,9-12,20-21H,8,13-16H2,1-2H3,(H,24,27). The van der Waals surface area contributed by atoms with E-state index >= 15 is 0 Å². The van der Waals surface area contributed by atoms with Gasteiger partial charge >= 0.3 is 0 Å². The van der Waals surface area contributed by atoms with Crippen molar-refractivity contribution < 1.29 is 9.18 Å². The number of halogens is 1. The summed E-state index contributed by atoms with van der Waals surface area (Å²) in [6.45, 7) is 1.85. The van der Waals surface area contributed by atoms with Crippen LogP contribution in [0.2, 0.25) is 0 Å². The molecule has 0 aliphatic carbocycles. The van der Waals surface area contributed by atoms with Crippen molar-refractivity contribution in [2.45, 2.75) is 31.5 Å². The lowest BCUT2D eigenvalue weighted by Crippen LogP contribution is -2.45. The minimum Gasteiger partial charge on any atom is -0.353 e. The number of benzene rings is 2. The third kappa shape index (κ3) is 4.93. The Labute approximate surface area is 161 Å². The second-order valence-electron chi connectivity index (χ2n) is 7.36. The molecular formula is C22H28FN3O. The Kier molecular flexibility index (Phi) is 6.58. The number of carbonyl (C=O) groups is 1. The van der Waals surface area contributed by atoms with E-state index in [1.54, 1.807) is 12.1 Å². The van der Waals surface area contributed by atoms with Crippen molar-refractivity contribution in [1.82, 2.24) is 15.1 Å². The molecule has 2 aromatic carbocycles. The number of rotatable bonds is 7. The molecule has 2 atom stereocenters. The third-order valence-electron chi connectivity index (χ3n) is 5.27. The highest BCUT2D eigenvalue weighted by Crippen LogP contribution is 2.22. The minimum atomic E-state index is -0.208. The summed E-state index contributed by atoms with van der Waals surface area (Å²) < 4.78 is 14.0. The number of hydrogen-bond donors (Lipinski definition) is 1. The van der Waals surface area contributed by atoms with Crippen LogP contribution in [0.15, 0.2) is 54.6 Å². The highest BCUT2D eigenvalue weighted by molar-refractivity contribution is 5.82. The maximum Gasteiger partial charge on any atom is 0.237 e. The fraction of sp³-hybridized carbons (Fsp3) is 0.409. The van der Waals surface area contributed by atoms with Crippen LogP contribution in [0.3, 0.4) is 0 Å². The summed E-state index contributed by atoms with van der Waals surface area (Å²) in [6, 6.07) is 16.9. The van der Waals surface area contributed by atoms with Crippen LogP contribution in [0.1, 0.15) is 30.0 Å². The van der Waals surface area contributed by atoms with Crippen LogP contribution in [0, 0.1) is 5.82 Å². The van der Waals surface area contributed by atoms with Gasteiger partial charge in [-0.2, -0.15) is 0 Å². The first-order valence-electron chi connectivity index (χ1n) is 9.53. The molecule has 5 heteroatoms. The molecule has 1 fully saturated rings. The number of nitrogens with one attached hydrogen (secondary N) is 1. The van der Waals surface area contributed by atoms with Crippen molar-refractivity contribution >= 4 is 5.91 Å². The minimum absolute atomic E-state index is 0.0339. The lowest BCUT2D eigenvalue weighted by Gasteiger charge is -2.28. The molecule has 1 N–H and O–H groups in total. The van der Waals surface area contributed by atoms with E-state index in [-0.39, 0.29) is 23.8 Å². The Hall–Kier alpha value is -2.24. The Morgan fingerprint density at radius 2 is 1.89 bits per heavy atom. The van der Waals surface area contributed by atoms with Gasteiger partial charge in [0.15, 0.2) is 0 Å². The zero-order valence-electron chi connectivity index (χ0n) is 16.1. The van der Waals surface area contributed by atoms with Crippen molar-refractivity contribution in [3.05, 3.63) is 71.5 Å². The molecule has 4 nitrogen and oxygen atoms in total. The predicted octanol–water partition coefficient (Wildman–Crippen LogP) is 3.21. The van der Waals surface area contributed by atoms with Crippen LogP contribution in [-0.2, 0) is 11.3 Å². The molecule has 1 heterocycles. The Morgan fingerprint density at radius 1 is 1.19 bits per heavy atom. The van der Waals surface area contributed by atoms with E-state index in [2.05, 4.69) is 27.2 Å². The van der Waals surface area contributed by atoms with E-state index in [1.807, 2.05) is 38.4 Å². The van der Waals surface area contributed by atoms with Crippen LogP contribution >= 0.6 is 0 Å². The van der Waals surface area contributed by atoms with Gasteiger partial charge in [-0.25, -0.2) is 4.39 Å². The highest BCUT2D eigenvalue weighted by atomic mass is 19.1. The molecule has 0 aromatic heterocycles. The largest absolute Gasteiger partial charge is 0.353 e. The van der Waals surface area contributed by atoms with Crippen molar-refractivity contribution in [1.29, 1.82) is 0 Å². The van der Waals surface area contributed by atoms with Crippen LogP contribution < -0.4 is 5.32 Å². The van der Waals surface area contributed by atoms with Crippen LogP contribution in [0.5, 0.6) is 0 Å². The van der Waals surface area contributed by atoms with E-state index in [1.165, 1.54) is 11.6 Å². The van der Waals surface area contributed by atoms with E-state index in [0.29, 0.717) is 18.7 Å². The van der Waals surface area contributed by atoms with Crippen molar-refractivity contribution in [2.75, 3.05) is 27.2 Å². The van der Waals surface area contributed by atoms with E-state index in [9.17, 15) is 9.18 Å². The molecule has 0 saturated carbocycles. The fourth-order valence-electron chi connectivity index (χ4n) is 3.75. The second-order valence-corrected chi connectivity index (χ2v) is 7.36. The van der Waals surface area contributed by atoms with Gasteiger partial charge in [-0.05, 0) is 45.1 Å². The molecule has 1 amide bonds. The number of hydrogen-bond acceptors (Lipinski definition) is 3. The monoisotopic (exact) mass is 369 g/mol. The molecule has 3 rings (SSSR count). The zero-order valence-corrected chi connectivity index (χ0v) is 16.1. The van der Waals surface area contributed by atoms with Gasteiger partial charge in [-0.3, -0.25) is 9.69 Å². The van der Waals surface area contributed by atoms with Gasteiger partial charge in [0.1, 0.15) is 5.82 Å². The van der Waals surface area contributed by atoms with Gasteiger partial charge in [0.05, 0.1) is 12.1 Å². The number of carbonyl (C=O) groups excluding carboxylic acids is 1. The predicted molar refractivity (Wildman–Crippen MR) is 106 cm³/mol. The van der Waals surface area contributed by atoms with E-state index < -0.39 is 0 Å². The molecule has 144 valence electrons. The van der Waals surface area contributed by atoms with E-state index in [0.717, 1.165) is 19.4 Å². The number of amides is 1. The Morgan fingerprint density at radius 3 is 2.59 bits per heavy atom. The highest BCUT2D eigenvalue weighted by Gasteiger charge is 2.31. The van der Waals surface area contributed by atoms with Crippen LogP contribution in [-0.4, -0.2) is 48.9 Å². The second kappa shape index (κ2) is 9.11. The van der Waals surface area contributed by atoms with Gasteiger partial charge in [0.25, 0.3) is 0 Å². The van der Waals surface area contributed by atoms with Gasteiger partial charge in [-0.15, -0.1) is 0 Å². The van der Waals surface area contributed by atoms with Gasteiger partial charge in [0.2, 0.25) is 5.91 Å². The number of nitrogens with zero attached hydrogens (tertiary/aromatic N) is 2. The summed E-state index contributed by atoms with van der Waals surface area (Å²) in [5.41, 5.74) is 1.82. The molecule has 2 aromatic rings. The normalized spacial score (nSPS) is 18.6. The number of likely N-dealkylation sites (N-methyl/N-ethyl adjacent to an activating group) is 1. The summed E-state index contributed by atoms with van der Waals surface area (Å²) in [7, 11) is 4.04. The molecule has 2 unspecified atom stereocenters. The maximum absolute atomic E-state index is 14.0. The quantitative estimate of drug-likeness (QED) is 0.814. The SMILES string of the molecule is CN(C)C(CNC(=O)C1CCCN1Cc1ccccc1F)c1ccccc1. The lowest BCUT2D eigenvalue weighted by atomic mass is 10.1. The first kappa shape index (κ1) is 19.5. The molecule has 1 saturated heterocycles. The smallest absolute Gasteiger partial charge is 0.237 e. The third-order valence-corrected chi connectivity index (χ3v) is 5.27. The average Bonchev–Trinajstić information content (AvgIpc) is 3.12. The number of likely N-dealkylation sites (tertiary alicyclic amines) is 1. The molecular weight excluding hydrogens is 341 g/mol. The fourth-order valence-corrected chi connectivity index (χ4v) is 3.75. The maximum atomic E-state index is 14.0. The Balaban J connectivity index is 1.61. The van der Waals surface area contributed by atoms with Gasteiger partial charge < -0.3 is 10.2 Å². The zero-order chi connectivity index (χ0) is 19.2. The lowest BCUT2D eigenvalue weighted by molar-refractivity contribution is -0.125. The van der Waals surface area contributed by atoms with Gasteiger partial charge in [0, 0.05) is 18.7 Å². The average molecular weight is 369 g/mol. The summed E-state index contributed by atoms with van der Waals surface area (Å²) >= 11 is 0. The van der Waals surface area contributed by atoms with Crippen molar-refractivity contribution in [3.63, 3.8) is 0 Å². The van der Waals surface area contributed by atoms with Crippen LogP contribution in [0.25, 0.3) is 0 Å². The molecule has 1 aliphatic heterocycles. The first-order chi connectivity index (χ1) is 13.1. The first-order valence-corrected chi connectivity index (χ1v) is 9.53. The van der Waals surface area contributed by atoms with Crippen LogP contribution in [0.4, 0.5) is 4.39 Å². The summed E-state index contributed by atoms with van der Waals surface area (Å²) in [5.74, 6) is -0.174. The van der Waals surface area contributed by atoms with Crippen molar-refractivity contribution in [3.8, 4) is 0 Å². The summed E-state index contributed by atoms with van der Waals surface area (Å²) in [5, 5.41) is 3.12. The van der Waals surface area contributed by atoms with E-state index in [4.69, 9.17) is 0 Å². The van der Waals surface area contributed by atoms with Gasteiger partial charge in [-0.1, -0.05) is 48.5 Å². The Bertz CT molecular complexity index is 750. The molecule has 1 aliphatic rings. The molecule has 0 bridgehead atoms. The molecule has 27 heavy (non-hydrogen) atoms. The summed E-state index contributed by atoms with van der Waals surface area (Å²) in [6.07, 6.45) is 1.78. The molecule has 0 radical (unpaired) electrons. The topological polar surface area (TPSA) is 35.6 Å². The summed E-state index contributed by atoms with van der Waals surface area (Å²) in [4.78, 5) is 17.0. The van der Waals surface area contributed by atoms with Crippen molar-refractivity contribution in [2.24, 2.45) is 0 Å².